The summed E-state index contributed by atoms with van der Waals surface area (Å²) < 4.78 is 7.58. The molecule has 0 aliphatic carbocycles. The maximum absolute atomic E-state index is 12.7. The normalized spacial score (nSPS) is 21.3. The van der Waals surface area contributed by atoms with Gasteiger partial charge in [0.2, 0.25) is 0 Å². The molecule has 2 atom stereocenters. The number of hydrogen-bond donors (Lipinski definition) is 1. The molecule has 1 N–H and O–H groups in total. The van der Waals surface area contributed by atoms with Crippen LogP contribution in [-0.4, -0.2) is 40.5 Å². The predicted molar refractivity (Wildman–Crippen MR) is 111 cm³/mol. The van der Waals surface area contributed by atoms with Gasteiger partial charge in [-0.25, -0.2) is 9.78 Å². The number of anilines is 1. The lowest BCUT2D eigenvalue weighted by atomic mass is 10.0. The third-order valence-corrected chi connectivity index (χ3v) is 6.22. The fraction of sp³-hybridized carbons (Fsp3) is 0.318. The zero-order chi connectivity index (χ0) is 19.5. The first-order chi connectivity index (χ1) is 14.1. The van der Waals surface area contributed by atoms with Gasteiger partial charge in [0.15, 0.2) is 5.65 Å². The number of nitrogens with zero attached hydrogens (tertiary/aromatic N) is 4. The molecule has 2 fully saturated rings. The molecule has 5 heterocycles. The summed E-state index contributed by atoms with van der Waals surface area (Å²) in [5, 5.41) is 4.37. The number of aromatic nitrogens is 3. The van der Waals surface area contributed by atoms with Gasteiger partial charge in [-0.2, -0.15) is 0 Å². The van der Waals surface area contributed by atoms with Crippen molar-refractivity contribution in [3.63, 3.8) is 0 Å². The molecule has 3 aromatic heterocycles. The van der Waals surface area contributed by atoms with Crippen LogP contribution in [0, 0.1) is 18.8 Å². The second-order valence-corrected chi connectivity index (χ2v) is 8.17. The molecule has 6 rings (SSSR count). The fourth-order valence-corrected chi connectivity index (χ4v) is 4.67. The van der Waals surface area contributed by atoms with E-state index in [4.69, 9.17) is 4.42 Å². The van der Waals surface area contributed by atoms with Crippen molar-refractivity contribution in [2.24, 2.45) is 11.8 Å². The Morgan fingerprint density at radius 1 is 1.14 bits per heavy atom. The van der Waals surface area contributed by atoms with E-state index in [2.05, 4.69) is 26.3 Å². The Morgan fingerprint density at radius 3 is 2.79 bits per heavy atom. The molecule has 2 saturated heterocycles. The summed E-state index contributed by atoms with van der Waals surface area (Å²) in [5.74, 6) is 1.43. The quantitative estimate of drug-likeness (QED) is 0.533. The van der Waals surface area contributed by atoms with E-state index < -0.39 is 0 Å². The third kappa shape index (κ3) is 2.73. The van der Waals surface area contributed by atoms with E-state index in [0.717, 1.165) is 42.9 Å². The average Bonchev–Trinajstić information content (AvgIpc) is 3.41. The van der Waals surface area contributed by atoms with Crippen molar-refractivity contribution in [1.82, 2.24) is 19.7 Å². The van der Waals surface area contributed by atoms with E-state index in [1.165, 1.54) is 0 Å². The van der Waals surface area contributed by atoms with Crippen molar-refractivity contribution in [3.8, 4) is 11.3 Å². The maximum Gasteiger partial charge on any atom is 0.345 e. The molecule has 2 aliphatic rings. The van der Waals surface area contributed by atoms with Crippen LogP contribution < -0.4 is 15.8 Å². The van der Waals surface area contributed by atoms with E-state index in [1.807, 2.05) is 41.9 Å². The summed E-state index contributed by atoms with van der Waals surface area (Å²) in [4.78, 5) is 23.9. The highest BCUT2D eigenvalue weighted by Gasteiger charge is 2.36. The molecular weight excluding hydrogens is 366 g/mol. The number of hydrogen-bond acceptors (Lipinski definition) is 6. The highest BCUT2D eigenvalue weighted by molar-refractivity contribution is 5.84. The summed E-state index contributed by atoms with van der Waals surface area (Å²) in [6.07, 6.45) is 5.43. The van der Waals surface area contributed by atoms with E-state index in [-0.39, 0.29) is 5.63 Å². The Kier molecular flexibility index (Phi) is 3.55. The molecule has 2 aliphatic heterocycles. The Labute approximate surface area is 167 Å². The molecule has 7 heteroatoms. The van der Waals surface area contributed by atoms with Gasteiger partial charge in [-0.05, 0) is 37.0 Å². The number of nitrogens with one attached hydrogen (secondary N) is 1. The molecule has 0 spiro atoms. The molecule has 2 unspecified atom stereocenters. The van der Waals surface area contributed by atoms with Crippen LogP contribution in [0.25, 0.3) is 27.9 Å². The van der Waals surface area contributed by atoms with Crippen LogP contribution in [0.1, 0.15) is 5.69 Å². The summed E-state index contributed by atoms with van der Waals surface area (Å²) in [5.41, 5.74) is 4.02. The maximum atomic E-state index is 12.7. The monoisotopic (exact) mass is 387 g/mol. The molecule has 1 aromatic carbocycles. The molecule has 7 nitrogen and oxygen atoms in total. The number of benzene rings is 1. The minimum atomic E-state index is -0.370. The fourth-order valence-electron chi connectivity index (χ4n) is 4.67. The summed E-state index contributed by atoms with van der Waals surface area (Å²) in [6, 6.07) is 8.02. The second-order valence-electron chi connectivity index (χ2n) is 8.17. The molecule has 4 aromatic rings. The Bertz CT molecular complexity index is 1300. The lowest BCUT2D eigenvalue weighted by Gasteiger charge is -2.20. The first kappa shape index (κ1) is 16.7. The van der Waals surface area contributed by atoms with Crippen molar-refractivity contribution in [3.05, 3.63) is 59.0 Å². The molecule has 146 valence electrons. The van der Waals surface area contributed by atoms with Gasteiger partial charge in [0.1, 0.15) is 5.58 Å². The standard InChI is InChI=1S/C22H21N5O2/c1-13-9-27-12-19(25-21(27)8-24-13)18-4-14-2-3-17(5-20(14)29-22(18)28)26-10-15-6-23-7-16(15)11-26/h2-5,8-9,12,15-16,23H,6-7,10-11H2,1H3. The zero-order valence-corrected chi connectivity index (χ0v) is 16.1. The molecule has 0 amide bonds. The third-order valence-electron chi connectivity index (χ3n) is 6.22. The van der Waals surface area contributed by atoms with E-state index in [1.54, 1.807) is 6.20 Å². The van der Waals surface area contributed by atoms with Crippen molar-refractivity contribution in [2.45, 2.75) is 6.92 Å². The van der Waals surface area contributed by atoms with Crippen LogP contribution in [0.5, 0.6) is 0 Å². The number of aryl methyl sites for hydroxylation is 1. The highest BCUT2D eigenvalue weighted by atomic mass is 16.4. The van der Waals surface area contributed by atoms with Gasteiger partial charge in [-0.3, -0.25) is 4.98 Å². The van der Waals surface area contributed by atoms with Gasteiger partial charge in [-0.1, -0.05) is 0 Å². The van der Waals surface area contributed by atoms with Crippen LogP contribution in [-0.2, 0) is 0 Å². The van der Waals surface area contributed by atoms with Crippen molar-refractivity contribution in [2.75, 3.05) is 31.1 Å². The lowest BCUT2D eigenvalue weighted by Crippen LogP contribution is -2.25. The topological polar surface area (TPSA) is 75.7 Å². The van der Waals surface area contributed by atoms with Gasteiger partial charge in [0.25, 0.3) is 0 Å². The van der Waals surface area contributed by atoms with Gasteiger partial charge in [0.05, 0.1) is 23.1 Å². The number of imidazole rings is 1. The first-order valence-corrected chi connectivity index (χ1v) is 9.99. The van der Waals surface area contributed by atoms with Crippen molar-refractivity contribution in [1.29, 1.82) is 0 Å². The van der Waals surface area contributed by atoms with Gasteiger partial charge in [0, 0.05) is 55.7 Å². The molecule has 0 radical (unpaired) electrons. The van der Waals surface area contributed by atoms with Gasteiger partial charge < -0.3 is 19.0 Å². The second kappa shape index (κ2) is 6.15. The van der Waals surface area contributed by atoms with Crippen LogP contribution >= 0.6 is 0 Å². The van der Waals surface area contributed by atoms with Gasteiger partial charge >= 0.3 is 5.63 Å². The Balaban J connectivity index is 1.38. The molecule has 0 bridgehead atoms. The summed E-state index contributed by atoms with van der Waals surface area (Å²) in [6.45, 7) is 6.23. The van der Waals surface area contributed by atoms with Crippen LogP contribution in [0.4, 0.5) is 5.69 Å². The van der Waals surface area contributed by atoms with E-state index in [0.29, 0.717) is 34.3 Å². The van der Waals surface area contributed by atoms with Crippen LogP contribution in [0.3, 0.4) is 0 Å². The largest absolute Gasteiger partial charge is 0.422 e. The Hall–Kier alpha value is -3.19. The van der Waals surface area contributed by atoms with Crippen molar-refractivity contribution >= 4 is 22.3 Å². The highest BCUT2D eigenvalue weighted by Crippen LogP contribution is 2.32. The van der Waals surface area contributed by atoms with Crippen molar-refractivity contribution < 1.29 is 4.42 Å². The summed E-state index contributed by atoms with van der Waals surface area (Å²) >= 11 is 0. The summed E-state index contributed by atoms with van der Waals surface area (Å²) in [7, 11) is 0. The Morgan fingerprint density at radius 2 is 1.97 bits per heavy atom. The van der Waals surface area contributed by atoms with E-state index in [9.17, 15) is 4.79 Å². The van der Waals surface area contributed by atoms with E-state index >= 15 is 0 Å². The minimum absolute atomic E-state index is 0.370. The number of rotatable bonds is 2. The molecular formula is C22H21N5O2. The zero-order valence-electron chi connectivity index (χ0n) is 16.1. The first-order valence-electron chi connectivity index (χ1n) is 9.99. The smallest absolute Gasteiger partial charge is 0.345 e. The predicted octanol–water partition coefficient (Wildman–Crippen LogP) is 2.47. The minimum Gasteiger partial charge on any atom is -0.422 e. The lowest BCUT2D eigenvalue weighted by molar-refractivity contribution is 0.533. The molecule has 29 heavy (non-hydrogen) atoms. The molecule has 0 saturated carbocycles. The van der Waals surface area contributed by atoms with Gasteiger partial charge in [-0.15, -0.1) is 0 Å². The average molecular weight is 387 g/mol. The van der Waals surface area contributed by atoms with Crippen LogP contribution in [0.2, 0.25) is 0 Å². The van der Waals surface area contributed by atoms with Crippen LogP contribution in [0.15, 0.2) is 52.1 Å². The SMILES string of the molecule is Cc1cn2cc(-c3cc4ccc(N5CC6CNCC6C5)cc4oc3=O)nc2cn1. The number of fused-ring (bicyclic) bond motifs is 3.